The Balaban J connectivity index is 1.69. The summed E-state index contributed by atoms with van der Waals surface area (Å²) in [5, 5.41) is 0.490. The van der Waals surface area contributed by atoms with Gasteiger partial charge in [0.25, 0.3) is 5.91 Å². The maximum absolute atomic E-state index is 13.4. The summed E-state index contributed by atoms with van der Waals surface area (Å²) in [7, 11) is 0. The van der Waals surface area contributed by atoms with Crippen molar-refractivity contribution in [3.05, 3.63) is 58.7 Å². The first-order valence-electron chi connectivity index (χ1n) is 10.4. The second-order valence-electron chi connectivity index (χ2n) is 7.84. The van der Waals surface area contributed by atoms with E-state index in [0.717, 1.165) is 46.6 Å². The molecule has 0 spiro atoms. The highest BCUT2D eigenvalue weighted by atomic mass is 32.1. The van der Waals surface area contributed by atoms with E-state index in [-0.39, 0.29) is 5.56 Å². The summed E-state index contributed by atoms with van der Waals surface area (Å²) in [4.78, 5) is 21.8. The number of alkyl halides is 3. The third kappa shape index (κ3) is 4.79. The zero-order chi connectivity index (χ0) is 22.9. The van der Waals surface area contributed by atoms with Gasteiger partial charge in [-0.3, -0.25) is 14.6 Å². The predicted octanol–water partition coefficient (Wildman–Crippen LogP) is 4.91. The van der Waals surface area contributed by atoms with Gasteiger partial charge in [0.1, 0.15) is 0 Å². The van der Waals surface area contributed by atoms with Crippen LogP contribution in [0.15, 0.2) is 36.4 Å². The number of carbonyl (C=O) groups is 1. The van der Waals surface area contributed by atoms with Crippen LogP contribution in [0.1, 0.15) is 27.0 Å². The molecule has 4 rings (SSSR count). The van der Waals surface area contributed by atoms with Gasteiger partial charge in [0.05, 0.1) is 29.0 Å². The van der Waals surface area contributed by atoms with Crippen molar-refractivity contribution in [2.45, 2.75) is 20.0 Å². The maximum Gasteiger partial charge on any atom is 0.416 e. The molecule has 0 atom stereocenters. The molecule has 0 unspecified atom stereocenters. The topological polar surface area (TPSA) is 45.7 Å². The van der Waals surface area contributed by atoms with Crippen LogP contribution < -0.4 is 4.90 Å². The Bertz CT molecular complexity index is 1120. The molecular weight excluding hydrogens is 439 g/mol. The summed E-state index contributed by atoms with van der Waals surface area (Å²) in [5.74, 6) is -0.488. The van der Waals surface area contributed by atoms with E-state index in [1.165, 1.54) is 28.4 Å². The first-order valence-corrected chi connectivity index (χ1v) is 11.2. The Morgan fingerprint density at radius 1 is 1.19 bits per heavy atom. The number of amides is 1. The fourth-order valence-electron chi connectivity index (χ4n) is 3.66. The molecular formula is C23H24F3N3O2S. The summed E-state index contributed by atoms with van der Waals surface area (Å²) >= 11 is 1.38. The van der Waals surface area contributed by atoms with Gasteiger partial charge in [-0.25, -0.2) is 4.98 Å². The molecule has 0 aliphatic carbocycles. The van der Waals surface area contributed by atoms with Crippen molar-refractivity contribution in [1.29, 1.82) is 0 Å². The Morgan fingerprint density at radius 3 is 2.66 bits per heavy atom. The monoisotopic (exact) mass is 463 g/mol. The SMILES string of the molecule is Cc1ccc2sc(N(CCN3CCOCC3)C(=O)c3cccc(C(F)(F)F)c3)nc2c1C. The zero-order valence-electron chi connectivity index (χ0n) is 17.9. The number of aryl methyl sites for hydroxylation is 2. The Kier molecular flexibility index (Phi) is 6.50. The van der Waals surface area contributed by atoms with E-state index in [0.29, 0.717) is 31.4 Å². The van der Waals surface area contributed by atoms with Crippen LogP contribution in [0.5, 0.6) is 0 Å². The van der Waals surface area contributed by atoms with Crippen LogP contribution >= 0.6 is 11.3 Å². The zero-order valence-corrected chi connectivity index (χ0v) is 18.7. The number of hydrogen-bond acceptors (Lipinski definition) is 5. The second kappa shape index (κ2) is 9.17. The van der Waals surface area contributed by atoms with Gasteiger partial charge >= 0.3 is 6.18 Å². The molecule has 0 saturated carbocycles. The number of halogens is 3. The number of thiazole rings is 1. The highest BCUT2D eigenvalue weighted by Crippen LogP contribution is 2.34. The van der Waals surface area contributed by atoms with Crippen molar-refractivity contribution in [1.82, 2.24) is 9.88 Å². The van der Waals surface area contributed by atoms with E-state index in [9.17, 15) is 18.0 Å². The van der Waals surface area contributed by atoms with Crippen molar-refractivity contribution >= 4 is 32.6 Å². The quantitative estimate of drug-likeness (QED) is 0.539. The average Bonchev–Trinajstić information content (AvgIpc) is 3.21. The normalized spacial score (nSPS) is 15.3. The molecule has 32 heavy (non-hydrogen) atoms. The molecule has 1 amide bonds. The number of morpholine rings is 1. The van der Waals surface area contributed by atoms with Crippen LogP contribution in [-0.2, 0) is 10.9 Å². The van der Waals surface area contributed by atoms with E-state index < -0.39 is 17.6 Å². The minimum atomic E-state index is -4.51. The van der Waals surface area contributed by atoms with Crippen molar-refractivity contribution in [3.8, 4) is 0 Å². The van der Waals surface area contributed by atoms with Crippen LogP contribution in [0.4, 0.5) is 18.3 Å². The van der Waals surface area contributed by atoms with Crippen LogP contribution in [0.25, 0.3) is 10.2 Å². The van der Waals surface area contributed by atoms with E-state index in [1.807, 2.05) is 26.0 Å². The van der Waals surface area contributed by atoms with E-state index in [2.05, 4.69) is 4.90 Å². The van der Waals surface area contributed by atoms with E-state index >= 15 is 0 Å². The van der Waals surface area contributed by atoms with Gasteiger partial charge in [0.2, 0.25) is 0 Å². The van der Waals surface area contributed by atoms with Gasteiger partial charge in [-0.2, -0.15) is 13.2 Å². The minimum absolute atomic E-state index is 0.00559. The third-order valence-electron chi connectivity index (χ3n) is 5.73. The number of rotatable bonds is 5. The summed E-state index contributed by atoms with van der Waals surface area (Å²) in [5.41, 5.74) is 2.10. The minimum Gasteiger partial charge on any atom is -0.379 e. The van der Waals surface area contributed by atoms with Gasteiger partial charge in [0.15, 0.2) is 5.13 Å². The molecule has 3 aromatic rings. The van der Waals surface area contributed by atoms with Crippen LogP contribution in [0.3, 0.4) is 0 Å². The number of ether oxygens (including phenoxy) is 1. The lowest BCUT2D eigenvalue weighted by atomic mass is 10.1. The summed E-state index contributed by atoms with van der Waals surface area (Å²) in [6.07, 6.45) is -4.51. The second-order valence-corrected chi connectivity index (χ2v) is 8.85. The molecule has 170 valence electrons. The van der Waals surface area contributed by atoms with Crippen molar-refractivity contribution in [2.24, 2.45) is 0 Å². The summed E-state index contributed by atoms with van der Waals surface area (Å²) < 4.78 is 46.0. The van der Waals surface area contributed by atoms with E-state index in [1.54, 1.807) is 0 Å². The standard InChI is InChI=1S/C23H24F3N3O2S/c1-15-6-7-19-20(16(15)2)27-22(32-19)29(9-8-28-10-12-31-13-11-28)21(30)17-4-3-5-18(14-17)23(24,25)26/h3-7,14H,8-13H2,1-2H3. The number of carbonyl (C=O) groups excluding carboxylic acids is 1. The smallest absolute Gasteiger partial charge is 0.379 e. The predicted molar refractivity (Wildman–Crippen MR) is 119 cm³/mol. The molecule has 1 aromatic heterocycles. The summed E-state index contributed by atoms with van der Waals surface area (Å²) in [6, 6.07) is 8.54. The molecule has 0 bridgehead atoms. The average molecular weight is 464 g/mol. The molecule has 1 aliphatic heterocycles. The lowest BCUT2D eigenvalue weighted by molar-refractivity contribution is -0.137. The van der Waals surface area contributed by atoms with Crippen LogP contribution in [-0.4, -0.2) is 55.2 Å². The number of hydrogen-bond donors (Lipinski definition) is 0. The summed E-state index contributed by atoms with van der Waals surface area (Å²) in [6.45, 7) is 7.65. The molecule has 0 radical (unpaired) electrons. The molecule has 1 fully saturated rings. The molecule has 5 nitrogen and oxygen atoms in total. The lowest BCUT2D eigenvalue weighted by Crippen LogP contribution is -2.43. The Morgan fingerprint density at radius 2 is 1.94 bits per heavy atom. The largest absolute Gasteiger partial charge is 0.416 e. The number of benzene rings is 2. The maximum atomic E-state index is 13.4. The highest BCUT2D eigenvalue weighted by Gasteiger charge is 2.32. The van der Waals surface area contributed by atoms with Crippen molar-refractivity contribution in [3.63, 3.8) is 0 Å². The van der Waals surface area contributed by atoms with E-state index in [4.69, 9.17) is 9.72 Å². The van der Waals surface area contributed by atoms with Gasteiger partial charge in [-0.1, -0.05) is 23.5 Å². The number of anilines is 1. The first-order chi connectivity index (χ1) is 15.2. The van der Waals surface area contributed by atoms with Gasteiger partial charge in [-0.15, -0.1) is 0 Å². The molecule has 0 N–H and O–H groups in total. The highest BCUT2D eigenvalue weighted by molar-refractivity contribution is 7.22. The molecule has 9 heteroatoms. The third-order valence-corrected chi connectivity index (χ3v) is 6.77. The Labute approximate surface area is 188 Å². The molecule has 1 aliphatic rings. The number of aromatic nitrogens is 1. The molecule has 2 aromatic carbocycles. The van der Waals surface area contributed by atoms with Crippen molar-refractivity contribution < 1.29 is 22.7 Å². The van der Waals surface area contributed by atoms with Crippen LogP contribution in [0, 0.1) is 13.8 Å². The lowest BCUT2D eigenvalue weighted by Gasteiger charge is -2.29. The molecule has 1 saturated heterocycles. The fraction of sp³-hybridized carbons (Fsp3) is 0.391. The van der Waals surface area contributed by atoms with Crippen LogP contribution in [0.2, 0.25) is 0 Å². The number of fused-ring (bicyclic) bond motifs is 1. The molecule has 2 heterocycles. The van der Waals surface area contributed by atoms with Crippen molar-refractivity contribution in [2.75, 3.05) is 44.3 Å². The fourth-order valence-corrected chi connectivity index (χ4v) is 4.71. The van der Waals surface area contributed by atoms with Gasteiger partial charge in [-0.05, 0) is 49.2 Å². The van der Waals surface area contributed by atoms with Gasteiger partial charge in [0, 0.05) is 31.7 Å². The Hall–Kier alpha value is -2.49. The number of nitrogens with zero attached hydrogens (tertiary/aromatic N) is 3. The van der Waals surface area contributed by atoms with Gasteiger partial charge < -0.3 is 4.74 Å². The first kappa shape index (κ1) is 22.7.